The van der Waals surface area contributed by atoms with Crippen LogP contribution in [-0.4, -0.2) is 28.5 Å². The predicted octanol–water partition coefficient (Wildman–Crippen LogP) is 2.74. The first-order valence-corrected chi connectivity index (χ1v) is 8.03. The molecule has 0 amide bonds. The number of nitrogens with zero attached hydrogens (tertiary/aromatic N) is 2. The van der Waals surface area contributed by atoms with Crippen LogP contribution in [0.3, 0.4) is 0 Å². The Morgan fingerprint density at radius 1 is 1.35 bits per heavy atom. The van der Waals surface area contributed by atoms with Crippen LogP contribution < -0.4 is 5.32 Å². The summed E-state index contributed by atoms with van der Waals surface area (Å²) in [6.07, 6.45) is 4.29. The minimum absolute atomic E-state index is 0.350. The van der Waals surface area contributed by atoms with Crippen molar-refractivity contribution in [2.75, 3.05) is 6.61 Å². The summed E-state index contributed by atoms with van der Waals surface area (Å²) in [5, 5.41) is 8.44. The number of rotatable bonds is 5. The molecule has 2 aliphatic rings. The van der Waals surface area contributed by atoms with E-state index in [1.165, 1.54) is 24.1 Å². The fourth-order valence-electron chi connectivity index (χ4n) is 3.73. The van der Waals surface area contributed by atoms with Crippen LogP contribution in [-0.2, 0) is 11.3 Å². The smallest absolute Gasteiger partial charge is 0.0757 e. The van der Waals surface area contributed by atoms with Crippen molar-refractivity contribution in [3.8, 4) is 0 Å². The average Bonchev–Trinajstić information content (AvgIpc) is 3.09. The quantitative estimate of drug-likeness (QED) is 0.899. The second-order valence-electron chi connectivity index (χ2n) is 6.36. The highest BCUT2D eigenvalue weighted by Crippen LogP contribution is 2.39. The number of aromatic nitrogens is 2. The Balaban J connectivity index is 1.72. The van der Waals surface area contributed by atoms with Gasteiger partial charge in [-0.05, 0) is 52.9 Å². The normalized spacial score (nSPS) is 28.0. The summed E-state index contributed by atoms with van der Waals surface area (Å²) in [6.45, 7) is 10.6. The molecule has 1 aliphatic heterocycles. The zero-order valence-electron chi connectivity index (χ0n) is 13.1. The topological polar surface area (TPSA) is 39.1 Å². The largest absolute Gasteiger partial charge is 0.376 e. The second-order valence-corrected chi connectivity index (χ2v) is 6.36. The molecule has 3 rings (SSSR count). The van der Waals surface area contributed by atoms with Crippen molar-refractivity contribution < 1.29 is 4.74 Å². The van der Waals surface area contributed by atoms with Gasteiger partial charge >= 0.3 is 0 Å². The third-order valence-electron chi connectivity index (χ3n) is 4.86. The molecule has 0 bridgehead atoms. The Hall–Kier alpha value is -0.870. The van der Waals surface area contributed by atoms with Gasteiger partial charge in [0.15, 0.2) is 0 Å². The van der Waals surface area contributed by atoms with Crippen LogP contribution in [0.15, 0.2) is 0 Å². The molecule has 1 aromatic rings. The van der Waals surface area contributed by atoms with Crippen molar-refractivity contribution in [1.29, 1.82) is 0 Å². The minimum Gasteiger partial charge on any atom is -0.376 e. The highest BCUT2D eigenvalue weighted by molar-refractivity contribution is 5.28. The molecule has 20 heavy (non-hydrogen) atoms. The Labute approximate surface area is 121 Å². The predicted molar refractivity (Wildman–Crippen MR) is 79.8 cm³/mol. The van der Waals surface area contributed by atoms with Gasteiger partial charge in [-0.2, -0.15) is 5.10 Å². The van der Waals surface area contributed by atoms with Crippen LogP contribution in [0, 0.1) is 19.8 Å². The van der Waals surface area contributed by atoms with Crippen LogP contribution in [0.5, 0.6) is 0 Å². The summed E-state index contributed by atoms with van der Waals surface area (Å²) in [6, 6.07) is 0.865. The van der Waals surface area contributed by atoms with E-state index in [0.717, 1.165) is 31.2 Å². The maximum Gasteiger partial charge on any atom is 0.0757 e. The number of hydrogen-bond acceptors (Lipinski definition) is 3. The molecule has 0 spiro atoms. The van der Waals surface area contributed by atoms with Crippen molar-refractivity contribution in [1.82, 2.24) is 15.1 Å². The van der Waals surface area contributed by atoms with E-state index in [4.69, 9.17) is 4.74 Å². The van der Waals surface area contributed by atoms with Crippen LogP contribution in [0.2, 0.25) is 0 Å². The van der Waals surface area contributed by atoms with E-state index in [1.54, 1.807) is 0 Å². The molecule has 0 aromatic carbocycles. The van der Waals surface area contributed by atoms with Crippen molar-refractivity contribution >= 4 is 0 Å². The summed E-state index contributed by atoms with van der Waals surface area (Å²) in [4.78, 5) is 0. The van der Waals surface area contributed by atoms with Gasteiger partial charge in [-0.3, -0.25) is 4.68 Å². The molecule has 1 aliphatic carbocycles. The zero-order valence-corrected chi connectivity index (χ0v) is 13.1. The first-order chi connectivity index (χ1) is 9.61. The molecule has 0 radical (unpaired) electrons. The first kappa shape index (κ1) is 14.1. The first-order valence-electron chi connectivity index (χ1n) is 8.03. The van der Waals surface area contributed by atoms with E-state index in [2.05, 4.69) is 42.8 Å². The summed E-state index contributed by atoms with van der Waals surface area (Å²) < 4.78 is 8.03. The van der Waals surface area contributed by atoms with Crippen LogP contribution in [0.25, 0.3) is 0 Å². The summed E-state index contributed by atoms with van der Waals surface area (Å²) in [7, 11) is 0. The van der Waals surface area contributed by atoms with Crippen molar-refractivity contribution in [3.05, 3.63) is 17.0 Å². The lowest BCUT2D eigenvalue weighted by Gasteiger charge is -2.24. The molecule has 3 unspecified atom stereocenters. The third kappa shape index (κ3) is 2.51. The monoisotopic (exact) mass is 277 g/mol. The molecule has 1 saturated carbocycles. The number of hydrogen-bond donors (Lipinski definition) is 1. The molecular formula is C16H27N3O. The maximum absolute atomic E-state index is 5.93. The molecule has 2 heterocycles. The summed E-state index contributed by atoms with van der Waals surface area (Å²) >= 11 is 0. The fourth-order valence-corrected chi connectivity index (χ4v) is 3.73. The fraction of sp³-hybridized carbons (Fsp3) is 0.812. The van der Waals surface area contributed by atoms with Crippen molar-refractivity contribution in [3.63, 3.8) is 0 Å². The highest BCUT2D eigenvalue weighted by Gasteiger charge is 2.41. The van der Waals surface area contributed by atoms with E-state index >= 15 is 0 Å². The number of aryl methyl sites for hydroxylation is 2. The van der Waals surface area contributed by atoms with Crippen molar-refractivity contribution in [2.24, 2.45) is 5.92 Å². The van der Waals surface area contributed by atoms with Gasteiger partial charge in [0, 0.05) is 36.5 Å². The molecule has 3 atom stereocenters. The van der Waals surface area contributed by atoms with Gasteiger partial charge in [0.2, 0.25) is 0 Å². The SMILES string of the molecule is CCn1nc(C)c(C(C)NC2CCOC2C2CC2)c1C. The zero-order chi connectivity index (χ0) is 14.3. The van der Waals surface area contributed by atoms with Gasteiger partial charge in [0.05, 0.1) is 11.8 Å². The number of ether oxygens (including phenoxy) is 1. The van der Waals surface area contributed by atoms with Gasteiger partial charge in [-0.1, -0.05) is 0 Å². The lowest BCUT2D eigenvalue weighted by atomic mass is 10.0. The molecule has 1 N–H and O–H groups in total. The molecular weight excluding hydrogens is 250 g/mol. The van der Waals surface area contributed by atoms with Gasteiger partial charge in [0.1, 0.15) is 0 Å². The van der Waals surface area contributed by atoms with Gasteiger partial charge in [-0.25, -0.2) is 0 Å². The Morgan fingerprint density at radius 3 is 2.70 bits per heavy atom. The summed E-state index contributed by atoms with van der Waals surface area (Å²) in [5.74, 6) is 0.808. The van der Waals surface area contributed by atoms with Crippen LogP contribution in [0.1, 0.15) is 56.1 Å². The molecule has 2 fully saturated rings. The highest BCUT2D eigenvalue weighted by atomic mass is 16.5. The van der Waals surface area contributed by atoms with E-state index in [1.807, 2.05) is 0 Å². The van der Waals surface area contributed by atoms with Crippen LogP contribution in [0.4, 0.5) is 0 Å². The van der Waals surface area contributed by atoms with E-state index < -0.39 is 0 Å². The standard InChI is InChI=1S/C16H27N3O/c1-5-19-12(4)15(11(3)18-19)10(2)17-14-8-9-20-16(14)13-6-7-13/h10,13-14,16-17H,5-9H2,1-4H3. The molecule has 4 heteroatoms. The van der Waals surface area contributed by atoms with Crippen LogP contribution >= 0.6 is 0 Å². The third-order valence-corrected chi connectivity index (χ3v) is 4.86. The van der Waals surface area contributed by atoms with E-state index in [-0.39, 0.29) is 0 Å². The summed E-state index contributed by atoms with van der Waals surface area (Å²) in [5.41, 5.74) is 3.83. The Bertz CT molecular complexity index is 478. The van der Waals surface area contributed by atoms with Gasteiger partial charge < -0.3 is 10.1 Å². The molecule has 1 saturated heterocycles. The lowest BCUT2D eigenvalue weighted by Crippen LogP contribution is -2.39. The van der Waals surface area contributed by atoms with E-state index in [9.17, 15) is 0 Å². The van der Waals surface area contributed by atoms with Gasteiger partial charge in [-0.15, -0.1) is 0 Å². The van der Waals surface area contributed by atoms with Crippen molar-refractivity contribution in [2.45, 2.75) is 71.7 Å². The average molecular weight is 277 g/mol. The molecule has 1 aromatic heterocycles. The van der Waals surface area contributed by atoms with Gasteiger partial charge in [0.25, 0.3) is 0 Å². The molecule has 4 nitrogen and oxygen atoms in total. The second kappa shape index (κ2) is 5.49. The lowest BCUT2D eigenvalue weighted by molar-refractivity contribution is 0.0792. The number of nitrogens with one attached hydrogen (secondary N) is 1. The van der Waals surface area contributed by atoms with E-state index in [0.29, 0.717) is 18.2 Å². The Kier molecular flexibility index (Phi) is 3.87. The maximum atomic E-state index is 5.93. The Morgan fingerprint density at radius 2 is 2.10 bits per heavy atom. The minimum atomic E-state index is 0.350. The molecule has 112 valence electrons.